The van der Waals surface area contributed by atoms with Crippen LogP contribution in [0.25, 0.3) is 0 Å². The zero-order valence-corrected chi connectivity index (χ0v) is 12.4. The zero-order valence-electron chi connectivity index (χ0n) is 12.4. The molecule has 1 N–H and O–H groups in total. The average molecular weight is 274 g/mol. The standard InChI is InChI=1S/C16H22N2O2/c1-4-13(2)12-18(3)16(20)15-14(8-5-6-11-19)9-7-10-17-15/h7,9-10,13,19H,4,6,11-12H2,1-3H3. The summed E-state index contributed by atoms with van der Waals surface area (Å²) in [5, 5.41) is 8.74. The van der Waals surface area contributed by atoms with Crippen LogP contribution >= 0.6 is 0 Å². The molecule has 108 valence electrons. The van der Waals surface area contributed by atoms with Crippen molar-refractivity contribution >= 4 is 5.91 Å². The molecule has 0 saturated heterocycles. The smallest absolute Gasteiger partial charge is 0.273 e. The van der Waals surface area contributed by atoms with E-state index in [1.807, 2.05) is 0 Å². The van der Waals surface area contributed by atoms with Gasteiger partial charge in [0.05, 0.1) is 12.2 Å². The average Bonchev–Trinajstić information content (AvgIpc) is 2.47. The maximum absolute atomic E-state index is 12.4. The molecular weight excluding hydrogens is 252 g/mol. The van der Waals surface area contributed by atoms with Crippen molar-refractivity contribution in [1.82, 2.24) is 9.88 Å². The van der Waals surface area contributed by atoms with Gasteiger partial charge in [-0.2, -0.15) is 0 Å². The normalized spacial score (nSPS) is 11.4. The van der Waals surface area contributed by atoms with E-state index in [2.05, 4.69) is 30.7 Å². The second-order valence-electron chi connectivity index (χ2n) is 4.87. The Bertz CT molecular complexity index is 503. The molecule has 1 amide bonds. The number of aliphatic hydroxyl groups is 1. The van der Waals surface area contributed by atoms with Crippen molar-refractivity contribution in [2.24, 2.45) is 5.92 Å². The molecule has 20 heavy (non-hydrogen) atoms. The summed E-state index contributed by atoms with van der Waals surface area (Å²) in [7, 11) is 1.79. The molecule has 4 nitrogen and oxygen atoms in total. The largest absolute Gasteiger partial charge is 0.395 e. The lowest BCUT2D eigenvalue weighted by Gasteiger charge is -2.20. The predicted molar refractivity (Wildman–Crippen MR) is 79.2 cm³/mol. The number of amides is 1. The molecule has 0 bridgehead atoms. The number of carbonyl (C=O) groups is 1. The molecule has 0 spiro atoms. The number of hydrogen-bond acceptors (Lipinski definition) is 3. The second-order valence-corrected chi connectivity index (χ2v) is 4.87. The molecule has 0 aliphatic rings. The highest BCUT2D eigenvalue weighted by Crippen LogP contribution is 2.10. The first kappa shape index (κ1) is 16.2. The van der Waals surface area contributed by atoms with Crippen LogP contribution in [0, 0.1) is 17.8 Å². The van der Waals surface area contributed by atoms with Gasteiger partial charge >= 0.3 is 0 Å². The van der Waals surface area contributed by atoms with E-state index in [1.165, 1.54) is 0 Å². The van der Waals surface area contributed by atoms with Crippen molar-refractivity contribution in [3.63, 3.8) is 0 Å². The van der Waals surface area contributed by atoms with Crippen molar-refractivity contribution in [2.75, 3.05) is 20.2 Å². The lowest BCUT2D eigenvalue weighted by atomic mass is 10.1. The zero-order chi connectivity index (χ0) is 15.0. The minimum Gasteiger partial charge on any atom is -0.395 e. The van der Waals surface area contributed by atoms with E-state index >= 15 is 0 Å². The van der Waals surface area contributed by atoms with Gasteiger partial charge in [0.2, 0.25) is 0 Å². The van der Waals surface area contributed by atoms with Crippen LogP contribution in [-0.4, -0.2) is 41.1 Å². The Morgan fingerprint density at radius 1 is 1.55 bits per heavy atom. The summed E-state index contributed by atoms with van der Waals surface area (Å²) in [6.45, 7) is 4.94. The van der Waals surface area contributed by atoms with E-state index < -0.39 is 0 Å². The van der Waals surface area contributed by atoms with Crippen LogP contribution < -0.4 is 0 Å². The van der Waals surface area contributed by atoms with Gasteiger partial charge in [-0.1, -0.05) is 32.1 Å². The van der Waals surface area contributed by atoms with Gasteiger partial charge in [-0.15, -0.1) is 0 Å². The minimum atomic E-state index is -0.112. The fourth-order valence-corrected chi connectivity index (χ4v) is 1.75. The molecule has 1 aromatic rings. The summed E-state index contributed by atoms with van der Waals surface area (Å²) < 4.78 is 0. The third-order valence-electron chi connectivity index (χ3n) is 3.10. The van der Waals surface area contributed by atoms with Crippen molar-refractivity contribution in [3.8, 4) is 11.8 Å². The molecule has 0 aromatic carbocycles. The summed E-state index contributed by atoms with van der Waals surface area (Å²) in [6, 6.07) is 3.54. The molecule has 0 radical (unpaired) electrons. The Kier molecular flexibility index (Phi) is 6.75. The second kappa shape index (κ2) is 8.34. The van der Waals surface area contributed by atoms with Crippen LogP contribution in [0.1, 0.15) is 42.7 Å². The van der Waals surface area contributed by atoms with E-state index in [0.717, 1.165) is 6.42 Å². The maximum Gasteiger partial charge on any atom is 0.273 e. The number of pyridine rings is 1. The molecule has 0 aliphatic carbocycles. The van der Waals surface area contributed by atoms with Crippen molar-refractivity contribution in [3.05, 3.63) is 29.6 Å². The number of aliphatic hydroxyl groups excluding tert-OH is 1. The number of carbonyl (C=O) groups excluding carboxylic acids is 1. The SMILES string of the molecule is CCC(C)CN(C)C(=O)c1ncccc1C#CCCO. The van der Waals surface area contributed by atoms with E-state index in [0.29, 0.717) is 30.1 Å². The maximum atomic E-state index is 12.4. The van der Waals surface area contributed by atoms with Gasteiger partial charge in [-0.3, -0.25) is 4.79 Å². The van der Waals surface area contributed by atoms with E-state index in [9.17, 15) is 4.79 Å². The molecule has 4 heteroatoms. The topological polar surface area (TPSA) is 53.4 Å². The van der Waals surface area contributed by atoms with E-state index in [1.54, 1.807) is 30.3 Å². The van der Waals surface area contributed by atoms with Crippen LogP contribution in [0.2, 0.25) is 0 Å². The summed E-state index contributed by atoms with van der Waals surface area (Å²) in [5.74, 6) is 6.07. The van der Waals surface area contributed by atoms with E-state index in [4.69, 9.17) is 5.11 Å². The highest BCUT2D eigenvalue weighted by atomic mass is 16.2. The fourth-order valence-electron chi connectivity index (χ4n) is 1.75. The number of rotatable bonds is 5. The lowest BCUT2D eigenvalue weighted by molar-refractivity contribution is 0.0769. The Morgan fingerprint density at radius 3 is 2.95 bits per heavy atom. The minimum absolute atomic E-state index is 0.0183. The van der Waals surface area contributed by atoms with Crippen molar-refractivity contribution in [1.29, 1.82) is 0 Å². The van der Waals surface area contributed by atoms with Crippen molar-refractivity contribution < 1.29 is 9.90 Å². The van der Waals surface area contributed by atoms with Crippen LogP contribution in [0.4, 0.5) is 0 Å². The van der Waals surface area contributed by atoms with Crippen LogP contribution in [0.5, 0.6) is 0 Å². The number of hydrogen-bond donors (Lipinski definition) is 1. The highest BCUT2D eigenvalue weighted by Gasteiger charge is 2.17. The summed E-state index contributed by atoms with van der Waals surface area (Å²) in [4.78, 5) is 18.2. The van der Waals surface area contributed by atoms with Crippen LogP contribution in [0.3, 0.4) is 0 Å². The molecule has 0 saturated carbocycles. The molecular formula is C16H22N2O2. The monoisotopic (exact) mass is 274 g/mol. The number of nitrogens with zero attached hydrogens (tertiary/aromatic N) is 2. The van der Waals surface area contributed by atoms with Gasteiger partial charge in [0.15, 0.2) is 0 Å². The molecule has 0 fully saturated rings. The highest BCUT2D eigenvalue weighted by molar-refractivity contribution is 5.94. The third kappa shape index (κ3) is 4.67. The van der Waals surface area contributed by atoms with Gasteiger partial charge in [0, 0.05) is 26.2 Å². The first-order valence-corrected chi connectivity index (χ1v) is 6.90. The predicted octanol–water partition coefficient (Wildman–Crippen LogP) is 1.93. The van der Waals surface area contributed by atoms with Gasteiger partial charge in [0.25, 0.3) is 5.91 Å². The first-order valence-electron chi connectivity index (χ1n) is 6.90. The van der Waals surface area contributed by atoms with Crippen LogP contribution in [-0.2, 0) is 0 Å². The summed E-state index contributed by atoms with van der Waals surface area (Å²) in [6.07, 6.45) is 3.02. The quantitative estimate of drug-likeness (QED) is 0.835. The fraction of sp³-hybridized carbons (Fsp3) is 0.500. The van der Waals surface area contributed by atoms with Gasteiger partial charge in [-0.05, 0) is 18.1 Å². The van der Waals surface area contributed by atoms with Gasteiger partial charge in [0.1, 0.15) is 5.69 Å². The lowest BCUT2D eigenvalue weighted by Crippen LogP contribution is -2.32. The molecule has 1 aromatic heterocycles. The third-order valence-corrected chi connectivity index (χ3v) is 3.10. The van der Waals surface area contributed by atoms with Gasteiger partial charge in [-0.25, -0.2) is 4.98 Å². The molecule has 1 rings (SSSR count). The Labute approximate surface area is 120 Å². The van der Waals surface area contributed by atoms with Gasteiger partial charge < -0.3 is 10.0 Å². The molecule has 0 aliphatic heterocycles. The molecule has 1 heterocycles. The van der Waals surface area contributed by atoms with Crippen LogP contribution in [0.15, 0.2) is 18.3 Å². The van der Waals surface area contributed by atoms with E-state index in [-0.39, 0.29) is 12.5 Å². The Hall–Kier alpha value is -1.86. The molecule has 1 unspecified atom stereocenters. The van der Waals surface area contributed by atoms with Crippen molar-refractivity contribution in [2.45, 2.75) is 26.7 Å². The Balaban J connectivity index is 2.90. The summed E-state index contributed by atoms with van der Waals surface area (Å²) in [5.41, 5.74) is 0.991. The first-order chi connectivity index (χ1) is 9.60. The Morgan fingerprint density at radius 2 is 2.30 bits per heavy atom. The number of aromatic nitrogens is 1. The molecule has 1 atom stereocenters. The summed E-state index contributed by atoms with van der Waals surface area (Å²) >= 11 is 0.